The first kappa shape index (κ1) is 13.1. The molecule has 1 atom stereocenters. The molecule has 2 aromatic carbocycles. The molecule has 2 aromatic rings. The summed E-state index contributed by atoms with van der Waals surface area (Å²) in [6.45, 7) is 0. The standard InChI is InChI=1S/C16H15NO2S/c18-16(19)11-4-3-5-12(10-11)17-14-8-9-20-15-7-2-1-6-13(14)15/h1-7,10,14,17H,8-9H2,(H,18,19). The molecular weight excluding hydrogens is 270 g/mol. The van der Waals surface area contributed by atoms with E-state index in [2.05, 4.69) is 23.5 Å². The third-order valence-corrected chi connectivity index (χ3v) is 4.53. The summed E-state index contributed by atoms with van der Waals surface area (Å²) in [6.07, 6.45) is 1.04. The van der Waals surface area contributed by atoms with Crippen LogP contribution in [-0.4, -0.2) is 16.8 Å². The van der Waals surface area contributed by atoms with Gasteiger partial charge in [-0.25, -0.2) is 4.79 Å². The number of rotatable bonds is 3. The Kier molecular flexibility index (Phi) is 3.65. The fraction of sp³-hybridized carbons (Fsp3) is 0.188. The van der Waals surface area contributed by atoms with Gasteiger partial charge in [0.25, 0.3) is 0 Å². The number of hydrogen-bond acceptors (Lipinski definition) is 3. The minimum absolute atomic E-state index is 0.247. The van der Waals surface area contributed by atoms with Gasteiger partial charge in [0.1, 0.15) is 0 Å². The summed E-state index contributed by atoms with van der Waals surface area (Å²) in [5.41, 5.74) is 2.47. The van der Waals surface area contributed by atoms with Crippen LogP contribution in [0.25, 0.3) is 0 Å². The predicted octanol–water partition coefficient (Wildman–Crippen LogP) is 4.03. The number of carboxylic acid groups (broad SMARTS) is 1. The van der Waals surface area contributed by atoms with Gasteiger partial charge in [-0.15, -0.1) is 11.8 Å². The summed E-state index contributed by atoms with van der Waals surface area (Å²) in [6, 6.07) is 15.6. The van der Waals surface area contributed by atoms with Crippen LogP contribution in [0.5, 0.6) is 0 Å². The van der Waals surface area contributed by atoms with Crippen molar-refractivity contribution in [2.24, 2.45) is 0 Å². The molecule has 1 aliphatic rings. The highest BCUT2D eigenvalue weighted by Crippen LogP contribution is 2.37. The Morgan fingerprint density at radius 2 is 2.05 bits per heavy atom. The summed E-state index contributed by atoms with van der Waals surface area (Å²) in [5.74, 6) is 0.182. The zero-order valence-electron chi connectivity index (χ0n) is 10.9. The Morgan fingerprint density at radius 1 is 1.20 bits per heavy atom. The van der Waals surface area contributed by atoms with Gasteiger partial charge in [-0.2, -0.15) is 0 Å². The van der Waals surface area contributed by atoms with E-state index in [9.17, 15) is 4.79 Å². The van der Waals surface area contributed by atoms with E-state index < -0.39 is 5.97 Å². The van der Waals surface area contributed by atoms with Crippen LogP contribution in [0, 0.1) is 0 Å². The lowest BCUT2D eigenvalue weighted by molar-refractivity contribution is 0.0697. The second-order valence-corrected chi connectivity index (χ2v) is 5.89. The predicted molar refractivity (Wildman–Crippen MR) is 81.5 cm³/mol. The quantitative estimate of drug-likeness (QED) is 0.893. The van der Waals surface area contributed by atoms with E-state index in [0.717, 1.165) is 17.9 Å². The van der Waals surface area contributed by atoms with E-state index >= 15 is 0 Å². The second kappa shape index (κ2) is 5.59. The Labute approximate surface area is 122 Å². The van der Waals surface area contributed by atoms with Crippen molar-refractivity contribution in [2.75, 3.05) is 11.1 Å². The summed E-state index contributed by atoms with van der Waals surface area (Å²) in [5, 5.41) is 12.5. The van der Waals surface area contributed by atoms with Gasteiger partial charge >= 0.3 is 5.97 Å². The number of aromatic carboxylic acids is 1. The minimum Gasteiger partial charge on any atom is -0.478 e. The average Bonchev–Trinajstić information content (AvgIpc) is 2.48. The van der Waals surface area contributed by atoms with Crippen LogP contribution in [0.4, 0.5) is 5.69 Å². The van der Waals surface area contributed by atoms with Gasteiger partial charge in [-0.3, -0.25) is 0 Å². The first-order valence-corrected chi connectivity index (χ1v) is 7.54. The summed E-state index contributed by atoms with van der Waals surface area (Å²) in [4.78, 5) is 12.3. The van der Waals surface area contributed by atoms with Gasteiger partial charge in [-0.1, -0.05) is 24.3 Å². The van der Waals surface area contributed by atoms with Crippen LogP contribution in [0.2, 0.25) is 0 Å². The SMILES string of the molecule is O=C(O)c1cccc(NC2CCSc3ccccc32)c1. The number of thioether (sulfide) groups is 1. The Morgan fingerprint density at radius 3 is 2.90 bits per heavy atom. The molecule has 102 valence electrons. The fourth-order valence-corrected chi connectivity index (χ4v) is 3.56. The first-order chi connectivity index (χ1) is 9.74. The maximum Gasteiger partial charge on any atom is 0.335 e. The van der Waals surface area contributed by atoms with Crippen LogP contribution in [0.3, 0.4) is 0 Å². The van der Waals surface area contributed by atoms with Gasteiger partial charge in [-0.05, 0) is 36.2 Å². The van der Waals surface area contributed by atoms with Crippen molar-refractivity contribution >= 4 is 23.4 Å². The van der Waals surface area contributed by atoms with Crippen molar-refractivity contribution < 1.29 is 9.90 Å². The smallest absolute Gasteiger partial charge is 0.335 e. The largest absolute Gasteiger partial charge is 0.478 e. The monoisotopic (exact) mass is 285 g/mol. The number of carbonyl (C=O) groups is 1. The van der Waals surface area contributed by atoms with E-state index in [1.807, 2.05) is 23.9 Å². The highest BCUT2D eigenvalue weighted by Gasteiger charge is 2.20. The number of benzene rings is 2. The number of fused-ring (bicyclic) bond motifs is 1. The zero-order chi connectivity index (χ0) is 13.9. The molecule has 3 rings (SSSR count). The third-order valence-electron chi connectivity index (χ3n) is 3.41. The Balaban J connectivity index is 1.85. The topological polar surface area (TPSA) is 49.3 Å². The van der Waals surface area contributed by atoms with Gasteiger partial charge in [0.2, 0.25) is 0 Å². The van der Waals surface area contributed by atoms with Gasteiger partial charge in [0, 0.05) is 16.3 Å². The Bertz CT molecular complexity index is 642. The number of hydrogen-bond donors (Lipinski definition) is 2. The van der Waals surface area contributed by atoms with E-state index in [4.69, 9.17) is 5.11 Å². The highest BCUT2D eigenvalue weighted by molar-refractivity contribution is 7.99. The highest BCUT2D eigenvalue weighted by atomic mass is 32.2. The lowest BCUT2D eigenvalue weighted by Crippen LogP contribution is -2.16. The summed E-state index contributed by atoms with van der Waals surface area (Å²) < 4.78 is 0. The normalized spacial score (nSPS) is 17.3. The average molecular weight is 285 g/mol. The van der Waals surface area contributed by atoms with Crippen molar-refractivity contribution in [3.05, 3.63) is 59.7 Å². The molecule has 0 fully saturated rings. The van der Waals surface area contributed by atoms with Crippen LogP contribution < -0.4 is 5.32 Å². The molecule has 0 radical (unpaired) electrons. The fourth-order valence-electron chi connectivity index (χ4n) is 2.44. The zero-order valence-corrected chi connectivity index (χ0v) is 11.7. The maximum absolute atomic E-state index is 11.0. The molecule has 1 heterocycles. The molecule has 0 bridgehead atoms. The molecule has 1 unspecified atom stereocenters. The van der Waals surface area contributed by atoms with E-state index in [-0.39, 0.29) is 6.04 Å². The van der Waals surface area contributed by atoms with Gasteiger partial charge < -0.3 is 10.4 Å². The first-order valence-electron chi connectivity index (χ1n) is 6.55. The van der Waals surface area contributed by atoms with Crippen LogP contribution in [-0.2, 0) is 0 Å². The molecule has 2 N–H and O–H groups in total. The second-order valence-electron chi connectivity index (χ2n) is 4.76. The van der Waals surface area contributed by atoms with Crippen LogP contribution in [0.1, 0.15) is 28.4 Å². The molecule has 0 saturated heterocycles. The van der Waals surface area contributed by atoms with Crippen LogP contribution in [0.15, 0.2) is 53.4 Å². The maximum atomic E-state index is 11.0. The van der Waals surface area contributed by atoms with Crippen LogP contribution >= 0.6 is 11.8 Å². The van der Waals surface area contributed by atoms with E-state index in [0.29, 0.717) is 5.56 Å². The summed E-state index contributed by atoms with van der Waals surface area (Å²) in [7, 11) is 0. The number of carboxylic acids is 1. The van der Waals surface area contributed by atoms with E-state index in [1.165, 1.54) is 10.5 Å². The molecule has 1 aliphatic heterocycles. The van der Waals surface area contributed by atoms with Crippen molar-refractivity contribution in [2.45, 2.75) is 17.4 Å². The minimum atomic E-state index is -0.895. The molecule has 0 saturated carbocycles. The molecule has 0 aliphatic carbocycles. The third kappa shape index (κ3) is 2.65. The lowest BCUT2D eigenvalue weighted by Gasteiger charge is -2.26. The molecule has 3 nitrogen and oxygen atoms in total. The molecule has 0 aromatic heterocycles. The summed E-state index contributed by atoms with van der Waals surface area (Å²) >= 11 is 1.88. The van der Waals surface area contributed by atoms with E-state index in [1.54, 1.807) is 18.2 Å². The molecular formula is C16H15NO2S. The number of nitrogens with one attached hydrogen (secondary N) is 1. The molecule has 20 heavy (non-hydrogen) atoms. The van der Waals surface area contributed by atoms with Crippen molar-refractivity contribution in [1.29, 1.82) is 0 Å². The van der Waals surface area contributed by atoms with Gasteiger partial charge in [0.15, 0.2) is 0 Å². The van der Waals surface area contributed by atoms with Gasteiger partial charge in [0.05, 0.1) is 11.6 Å². The Hall–Kier alpha value is -1.94. The molecule has 4 heteroatoms. The van der Waals surface area contributed by atoms with Crippen molar-refractivity contribution in [3.8, 4) is 0 Å². The molecule has 0 spiro atoms. The molecule has 0 amide bonds. The number of anilines is 1. The lowest BCUT2D eigenvalue weighted by atomic mass is 10.0. The van der Waals surface area contributed by atoms with Crippen molar-refractivity contribution in [1.82, 2.24) is 0 Å². The van der Waals surface area contributed by atoms with Crippen molar-refractivity contribution in [3.63, 3.8) is 0 Å².